The molecule has 0 aromatic carbocycles. The van der Waals surface area contributed by atoms with Gasteiger partial charge in [0.1, 0.15) is 6.23 Å². The van der Waals surface area contributed by atoms with Crippen LogP contribution in [0.3, 0.4) is 0 Å². The average molecular weight is 214 g/mol. The van der Waals surface area contributed by atoms with E-state index in [1.54, 1.807) is 6.92 Å². The molecule has 90 valence electrons. The molecule has 0 heterocycles. The molecule has 0 bridgehead atoms. The minimum absolute atomic E-state index is 0.317. The van der Waals surface area contributed by atoms with Crippen molar-refractivity contribution in [2.24, 2.45) is 17.1 Å². The second-order valence-electron chi connectivity index (χ2n) is 5.96. The topological polar surface area (TPSA) is 58.3 Å². The van der Waals surface area contributed by atoms with Gasteiger partial charge in [0.05, 0.1) is 0 Å². The quantitative estimate of drug-likeness (QED) is 0.623. The molecule has 3 heteroatoms. The molecule has 4 unspecified atom stereocenters. The summed E-state index contributed by atoms with van der Waals surface area (Å²) in [4.78, 5) is 0. The predicted molar refractivity (Wildman–Crippen MR) is 63.4 cm³/mol. The summed E-state index contributed by atoms with van der Waals surface area (Å²) in [5.74, 6) is 0.582. The van der Waals surface area contributed by atoms with Crippen molar-refractivity contribution in [3.8, 4) is 0 Å². The summed E-state index contributed by atoms with van der Waals surface area (Å²) < 4.78 is 0. The highest BCUT2D eigenvalue weighted by molar-refractivity contribution is 4.90. The van der Waals surface area contributed by atoms with E-state index in [1.165, 1.54) is 6.42 Å². The van der Waals surface area contributed by atoms with Gasteiger partial charge in [0.2, 0.25) is 0 Å². The Hall–Kier alpha value is -0.120. The summed E-state index contributed by atoms with van der Waals surface area (Å²) in [6, 6.07) is 0.660. The molecule has 15 heavy (non-hydrogen) atoms. The molecule has 0 aromatic heterocycles. The molecule has 0 amide bonds. The molecule has 4 atom stereocenters. The largest absolute Gasteiger partial charge is 0.379 e. The molecular formula is C12H26N2O. The summed E-state index contributed by atoms with van der Waals surface area (Å²) in [6.07, 6.45) is 2.96. The van der Waals surface area contributed by atoms with E-state index < -0.39 is 6.23 Å². The fourth-order valence-electron chi connectivity index (χ4n) is 2.96. The fraction of sp³-hybridized carbons (Fsp3) is 1.00. The van der Waals surface area contributed by atoms with Crippen molar-refractivity contribution in [3.63, 3.8) is 0 Å². The van der Waals surface area contributed by atoms with Crippen LogP contribution in [0.25, 0.3) is 0 Å². The number of aliphatic hydroxyl groups is 1. The Morgan fingerprint density at radius 3 is 2.40 bits per heavy atom. The number of rotatable bonds is 3. The summed E-state index contributed by atoms with van der Waals surface area (Å²) in [7, 11) is 0. The zero-order valence-electron chi connectivity index (χ0n) is 10.5. The van der Waals surface area contributed by atoms with Gasteiger partial charge in [0.25, 0.3) is 0 Å². The van der Waals surface area contributed by atoms with Gasteiger partial charge in [-0.2, -0.15) is 0 Å². The van der Waals surface area contributed by atoms with Crippen LogP contribution < -0.4 is 11.1 Å². The van der Waals surface area contributed by atoms with Crippen LogP contribution >= 0.6 is 0 Å². The van der Waals surface area contributed by atoms with Gasteiger partial charge >= 0.3 is 0 Å². The maximum Gasteiger partial charge on any atom is 0.102 e. The molecule has 3 nitrogen and oxygen atoms in total. The van der Waals surface area contributed by atoms with Crippen LogP contribution in [0.2, 0.25) is 0 Å². The Labute approximate surface area is 93.4 Å². The highest BCUT2D eigenvalue weighted by Crippen LogP contribution is 2.39. The van der Waals surface area contributed by atoms with Gasteiger partial charge in [0, 0.05) is 12.1 Å². The van der Waals surface area contributed by atoms with E-state index in [1.807, 2.05) is 0 Å². The van der Waals surface area contributed by atoms with Crippen molar-refractivity contribution >= 4 is 0 Å². The van der Waals surface area contributed by atoms with Gasteiger partial charge in [-0.1, -0.05) is 13.8 Å². The van der Waals surface area contributed by atoms with Crippen molar-refractivity contribution in [1.82, 2.24) is 5.32 Å². The average Bonchev–Trinajstić information content (AvgIpc) is 1.98. The molecule has 0 spiro atoms. The van der Waals surface area contributed by atoms with E-state index in [9.17, 15) is 5.11 Å². The van der Waals surface area contributed by atoms with E-state index in [-0.39, 0.29) is 0 Å². The van der Waals surface area contributed by atoms with Gasteiger partial charge in [-0.15, -0.1) is 0 Å². The first-order valence-electron chi connectivity index (χ1n) is 6.00. The van der Waals surface area contributed by atoms with Gasteiger partial charge in [-0.05, 0) is 44.4 Å². The molecule has 0 aromatic rings. The number of hydrogen-bond donors (Lipinski definition) is 3. The van der Waals surface area contributed by atoms with Crippen molar-refractivity contribution in [1.29, 1.82) is 0 Å². The number of nitrogens with one attached hydrogen (secondary N) is 1. The molecule has 1 aliphatic rings. The Balaban J connectivity index is 2.54. The summed E-state index contributed by atoms with van der Waals surface area (Å²) in [5, 5.41) is 12.5. The van der Waals surface area contributed by atoms with Crippen molar-refractivity contribution in [2.45, 2.75) is 65.3 Å². The Bertz CT molecular complexity index is 204. The number of nitrogens with two attached hydrogens (primary N) is 1. The SMILES string of the molecule is CC(O)NC(C)C1CC(N)CC(C)(C)C1. The lowest BCUT2D eigenvalue weighted by atomic mass is 9.68. The third-order valence-corrected chi connectivity index (χ3v) is 3.45. The summed E-state index contributed by atoms with van der Waals surface area (Å²) in [5.41, 5.74) is 6.42. The van der Waals surface area contributed by atoms with E-state index in [0.717, 1.165) is 12.8 Å². The normalized spacial score (nSPS) is 34.8. The number of hydrogen-bond acceptors (Lipinski definition) is 3. The standard InChI is InChI=1S/C12H26N2O/c1-8(14-9(2)15)10-5-11(13)7-12(3,4)6-10/h8-11,14-15H,5-7,13H2,1-4H3. The van der Waals surface area contributed by atoms with Crippen molar-refractivity contribution in [2.75, 3.05) is 0 Å². The first kappa shape index (κ1) is 12.9. The minimum atomic E-state index is -0.429. The number of aliphatic hydroxyl groups excluding tert-OH is 1. The molecule has 0 radical (unpaired) electrons. The van der Waals surface area contributed by atoms with E-state index in [4.69, 9.17) is 5.73 Å². The molecule has 0 aliphatic heterocycles. The second-order valence-corrected chi connectivity index (χ2v) is 5.96. The van der Waals surface area contributed by atoms with Gasteiger partial charge in [-0.25, -0.2) is 0 Å². The molecule has 0 saturated heterocycles. The van der Waals surface area contributed by atoms with Crippen LogP contribution in [-0.4, -0.2) is 23.4 Å². The molecule has 1 saturated carbocycles. The molecule has 1 rings (SSSR count). The van der Waals surface area contributed by atoms with E-state index >= 15 is 0 Å². The van der Waals surface area contributed by atoms with E-state index in [0.29, 0.717) is 23.4 Å². The van der Waals surface area contributed by atoms with Crippen LogP contribution in [0.15, 0.2) is 0 Å². The summed E-state index contributed by atoms with van der Waals surface area (Å²) >= 11 is 0. The maximum atomic E-state index is 9.31. The van der Waals surface area contributed by atoms with Crippen molar-refractivity contribution in [3.05, 3.63) is 0 Å². The van der Waals surface area contributed by atoms with Gasteiger partial charge < -0.3 is 10.8 Å². The lowest BCUT2D eigenvalue weighted by molar-refractivity contribution is 0.0900. The third-order valence-electron chi connectivity index (χ3n) is 3.45. The second kappa shape index (κ2) is 4.81. The van der Waals surface area contributed by atoms with Crippen LogP contribution in [-0.2, 0) is 0 Å². The molecule has 4 N–H and O–H groups in total. The predicted octanol–water partition coefficient (Wildman–Crippen LogP) is 1.46. The Kier molecular flexibility index (Phi) is 4.15. The van der Waals surface area contributed by atoms with Crippen LogP contribution in [0.1, 0.15) is 47.0 Å². The minimum Gasteiger partial charge on any atom is -0.379 e. The smallest absolute Gasteiger partial charge is 0.102 e. The zero-order valence-corrected chi connectivity index (χ0v) is 10.5. The van der Waals surface area contributed by atoms with Crippen molar-refractivity contribution < 1.29 is 5.11 Å². The monoisotopic (exact) mass is 214 g/mol. The highest BCUT2D eigenvalue weighted by Gasteiger charge is 2.34. The Morgan fingerprint density at radius 2 is 1.93 bits per heavy atom. The third kappa shape index (κ3) is 4.09. The maximum absolute atomic E-state index is 9.31. The first-order chi connectivity index (χ1) is 6.80. The molecular weight excluding hydrogens is 188 g/mol. The van der Waals surface area contributed by atoms with E-state index in [2.05, 4.69) is 26.1 Å². The van der Waals surface area contributed by atoms with Gasteiger partial charge in [-0.3, -0.25) is 5.32 Å². The van der Waals surface area contributed by atoms with Crippen LogP contribution in [0.4, 0.5) is 0 Å². The zero-order chi connectivity index (χ0) is 11.6. The van der Waals surface area contributed by atoms with Crippen LogP contribution in [0.5, 0.6) is 0 Å². The highest BCUT2D eigenvalue weighted by atomic mass is 16.3. The van der Waals surface area contributed by atoms with Gasteiger partial charge in [0.15, 0.2) is 0 Å². The fourth-order valence-corrected chi connectivity index (χ4v) is 2.96. The summed E-state index contributed by atoms with van der Waals surface area (Å²) in [6.45, 7) is 8.48. The lowest BCUT2D eigenvalue weighted by Gasteiger charge is -2.41. The lowest BCUT2D eigenvalue weighted by Crippen LogP contribution is -2.46. The van der Waals surface area contributed by atoms with Crippen LogP contribution in [0, 0.1) is 11.3 Å². The molecule has 1 fully saturated rings. The first-order valence-corrected chi connectivity index (χ1v) is 6.00. The Morgan fingerprint density at radius 1 is 1.33 bits per heavy atom. The molecule has 1 aliphatic carbocycles.